The van der Waals surface area contributed by atoms with Gasteiger partial charge in [0, 0.05) is 38.9 Å². The van der Waals surface area contributed by atoms with Gasteiger partial charge in [-0.25, -0.2) is 0 Å². The Morgan fingerprint density at radius 1 is 0.422 bits per heavy atom. The van der Waals surface area contributed by atoms with Crippen molar-refractivity contribution in [1.29, 1.82) is 0 Å². The Hall–Kier alpha value is -3.42. The van der Waals surface area contributed by atoms with Crippen molar-refractivity contribution in [3.8, 4) is 0 Å². The molecule has 0 bridgehead atoms. The quantitative estimate of drug-likeness (QED) is 0.0447. The van der Waals surface area contributed by atoms with Gasteiger partial charge in [-0.15, -0.1) is 0 Å². The molecule has 45 heavy (non-hydrogen) atoms. The van der Waals surface area contributed by atoms with Crippen LogP contribution in [0.15, 0.2) is 0 Å². The highest BCUT2D eigenvalue weighted by Gasteiger charge is 2.11. The van der Waals surface area contributed by atoms with Crippen molar-refractivity contribution >= 4 is 35.6 Å². The monoisotopic (exact) mass is 653 g/mol. The van der Waals surface area contributed by atoms with E-state index >= 15 is 0 Å². The largest absolute Gasteiger partial charge is 0.481 e. The van der Waals surface area contributed by atoms with Crippen molar-refractivity contribution < 1.29 is 72.5 Å². The van der Waals surface area contributed by atoms with E-state index < -0.39 is 24.0 Å². The molecule has 0 aromatic heterocycles. The fourth-order valence-corrected chi connectivity index (χ4v) is 3.10. The Morgan fingerprint density at radius 2 is 0.733 bits per heavy atom. The van der Waals surface area contributed by atoms with Crippen molar-refractivity contribution in [2.45, 2.75) is 44.6 Å². The van der Waals surface area contributed by atoms with Gasteiger partial charge >= 0.3 is 17.9 Å². The first-order chi connectivity index (χ1) is 21.6. The zero-order valence-electron chi connectivity index (χ0n) is 25.5. The van der Waals surface area contributed by atoms with E-state index in [1.807, 2.05) is 0 Å². The molecule has 0 aliphatic rings. The molecule has 0 spiro atoms. The highest BCUT2D eigenvalue weighted by atomic mass is 16.6. The normalized spacial score (nSPS) is 10.9. The lowest BCUT2D eigenvalue weighted by Crippen LogP contribution is -2.30. The van der Waals surface area contributed by atoms with E-state index in [1.54, 1.807) is 0 Å². The van der Waals surface area contributed by atoms with Crippen molar-refractivity contribution in [2.75, 3.05) is 92.3 Å². The molecule has 0 heterocycles. The second-order valence-corrected chi connectivity index (χ2v) is 9.21. The van der Waals surface area contributed by atoms with Gasteiger partial charge in [0.15, 0.2) is 0 Å². The van der Waals surface area contributed by atoms with Crippen LogP contribution < -0.4 is 16.0 Å². The number of nitrogens with one attached hydrogen (secondary N) is 3. The van der Waals surface area contributed by atoms with Gasteiger partial charge in [-0.05, 0) is 0 Å². The topological polar surface area (TPSA) is 255 Å². The predicted octanol–water partition coefficient (Wildman–Crippen LogP) is -1.60. The molecule has 0 saturated heterocycles. The van der Waals surface area contributed by atoms with Gasteiger partial charge in [0.25, 0.3) is 0 Å². The summed E-state index contributed by atoms with van der Waals surface area (Å²) >= 11 is 0. The smallest absolute Gasteiger partial charge is 0.303 e. The number of carboxylic acids is 3. The Balaban J connectivity index is 4.16. The summed E-state index contributed by atoms with van der Waals surface area (Å²) in [5.74, 6) is -4.24. The van der Waals surface area contributed by atoms with Crippen LogP contribution in [-0.2, 0) is 57.2 Å². The van der Waals surface area contributed by atoms with Gasteiger partial charge < -0.3 is 59.7 Å². The molecular weight excluding hydrogens is 606 g/mol. The number of ether oxygens (including phenoxy) is 6. The summed E-state index contributed by atoms with van der Waals surface area (Å²) in [6.45, 7) is 3.16. The van der Waals surface area contributed by atoms with Gasteiger partial charge in [-0.1, -0.05) is 0 Å². The fraction of sp³-hybridized carbons (Fsp3) is 0.778. The second-order valence-electron chi connectivity index (χ2n) is 9.21. The minimum atomic E-state index is -1.05. The third-order valence-electron chi connectivity index (χ3n) is 5.34. The average Bonchev–Trinajstić information content (AvgIpc) is 2.99. The van der Waals surface area contributed by atoms with E-state index in [9.17, 15) is 28.8 Å². The fourth-order valence-electron chi connectivity index (χ4n) is 3.10. The molecule has 0 unspecified atom stereocenters. The molecule has 0 aliphatic heterocycles. The summed E-state index contributed by atoms with van der Waals surface area (Å²) < 4.78 is 33.1. The lowest BCUT2D eigenvalue weighted by Gasteiger charge is -2.18. The maximum atomic E-state index is 11.5. The van der Waals surface area contributed by atoms with E-state index in [2.05, 4.69) is 16.0 Å². The first kappa shape index (κ1) is 41.6. The van der Waals surface area contributed by atoms with Crippen LogP contribution in [0.3, 0.4) is 0 Å². The first-order valence-electron chi connectivity index (χ1n) is 14.6. The number of carbonyl (C=O) groups is 6. The van der Waals surface area contributed by atoms with Crippen LogP contribution in [-0.4, -0.2) is 149 Å². The number of hydrogen-bond acceptors (Lipinski definition) is 12. The summed E-state index contributed by atoms with van der Waals surface area (Å²) in [7, 11) is 0. The Kier molecular flexibility index (Phi) is 27.1. The Morgan fingerprint density at radius 3 is 1.07 bits per heavy atom. The summed E-state index contributed by atoms with van der Waals surface area (Å²) in [6.07, 6.45) is -1.47. The lowest BCUT2D eigenvalue weighted by molar-refractivity contribution is -0.139. The maximum absolute atomic E-state index is 11.5. The van der Waals surface area contributed by atoms with Gasteiger partial charge in [-0.2, -0.15) is 0 Å². The van der Waals surface area contributed by atoms with Crippen LogP contribution in [0.25, 0.3) is 0 Å². The minimum absolute atomic E-state index is 0.0986. The van der Waals surface area contributed by atoms with E-state index in [-0.39, 0.29) is 149 Å². The molecule has 18 nitrogen and oxygen atoms in total. The Labute approximate surface area is 261 Å². The molecule has 3 amide bonds. The first-order valence-corrected chi connectivity index (χ1v) is 14.6. The molecule has 0 aromatic carbocycles. The number of hydrogen-bond donors (Lipinski definition) is 6. The van der Waals surface area contributed by atoms with Crippen molar-refractivity contribution in [3.05, 3.63) is 0 Å². The van der Waals surface area contributed by atoms with Crippen LogP contribution in [0.4, 0.5) is 0 Å². The number of rotatable bonds is 32. The van der Waals surface area contributed by atoms with Gasteiger partial charge in [0.2, 0.25) is 17.7 Å². The van der Waals surface area contributed by atoms with Gasteiger partial charge in [-0.3, -0.25) is 28.8 Å². The molecule has 0 atom stereocenters. The van der Waals surface area contributed by atoms with Crippen LogP contribution in [0.2, 0.25) is 0 Å². The van der Waals surface area contributed by atoms with E-state index in [0.717, 1.165) is 0 Å². The maximum Gasteiger partial charge on any atom is 0.303 e. The van der Waals surface area contributed by atoms with E-state index in [0.29, 0.717) is 0 Å². The number of carboxylic acid groups (broad SMARTS) is 3. The highest BCUT2D eigenvalue weighted by Crippen LogP contribution is 1.97. The number of carbonyl (C=O) groups excluding carboxylic acids is 3. The summed E-state index contributed by atoms with van der Waals surface area (Å²) in [6, 6.07) is 0. The van der Waals surface area contributed by atoms with Crippen molar-refractivity contribution in [2.24, 2.45) is 0 Å². The minimum Gasteiger partial charge on any atom is -0.481 e. The van der Waals surface area contributed by atoms with Crippen molar-refractivity contribution in [1.82, 2.24) is 16.0 Å². The molecule has 18 heteroatoms. The summed E-state index contributed by atoms with van der Waals surface area (Å²) in [5.41, 5.74) is 0. The van der Waals surface area contributed by atoms with Gasteiger partial charge in [0.1, 0.15) is 6.10 Å². The molecular formula is C27H47N3O15. The van der Waals surface area contributed by atoms with Crippen LogP contribution in [0, 0.1) is 0 Å². The molecule has 0 rings (SSSR count). The molecule has 0 saturated carbocycles. The number of amides is 3. The van der Waals surface area contributed by atoms with Crippen LogP contribution in [0.1, 0.15) is 38.5 Å². The van der Waals surface area contributed by atoms with Crippen LogP contribution >= 0.6 is 0 Å². The van der Waals surface area contributed by atoms with E-state index in [1.165, 1.54) is 0 Å². The second kappa shape index (κ2) is 29.3. The molecule has 0 radical (unpaired) electrons. The SMILES string of the molecule is O=C(O)CCC(=O)NCCOCCOCC(COCCOCCNC(=O)CCC(=O)O)OCCOCCNC(=O)CCC(=O)O. The third-order valence-corrected chi connectivity index (χ3v) is 5.34. The Bertz CT molecular complexity index is 813. The highest BCUT2D eigenvalue weighted by molar-refractivity contribution is 5.81. The number of aliphatic carboxylic acids is 3. The lowest BCUT2D eigenvalue weighted by atomic mass is 10.3. The zero-order valence-corrected chi connectivity index (χ0v) is 25.5. The zero-order chi connectivity index (χ0) is 33.5. The van der Waals surface area contributed by atoms with Crippen LogP contribution in [0.5, 0.6) is 0 Å². The third kappa shape index (κ3) is 31.8. The molecule has 6 N–H and O–H groups in total. The van der Waals surface area contributed by atoms with Gasteiger partial charge in [0.05, 0.1) is 91.9 Å². The van der Waals surface area contributed by atoms with Crippen molar-refractivity contribution in [3.63, 3.8) is 0 Å². The summed E-state index contributed by atoms with van der Waals surface area (Å²) in [4.78, 5) is 65.9. The average molecular weight is 654 g/mol. The molecule has 0 fully saturated rings. The molecule has 0 aromatic rings. The standard InChI is InChI=1S/C27H47N3O15/c31-22(1-4-25(34)35)28-7-10-40-13-15-43-19-21(45-18-17-42-12-9-30-24(33)3-6-27(38)39)20-44-16-14-41-11-8-29-23(32)2-5-26(36)37/h21H,1-20H2,(H,28,31)(H,29,32)(H,30,33)(H,34,35)(H,36,37)(H,38,39). The molecule has 0 aliphatic carbocycles. The molecule has 260 valence electrons. The van der Waals surface area contributed by atoms with E-state index in [4.69, 9.17) is 43.7 Å². The summed E-state index contributed by atoms with van der Waals surface area (Å²) in [5, 5.41) is 33.4. The predicted molar refractivity (Wildman–Crippen MR) is 153 cm³/mol.